The van der Waals surface area contributed by atoms with E-state index in [-0.39, 0.29) is 5.91 Å². The highest BCUT2D eigenvalue weighted by atomic mass is 16.5. The van der Waals surface area contributed by atoms with Gasteiger partial charge in [-0.1, -0.05) is 12.1 Å². The Balaban J connectivity index is 1.60. The molecule has 0 unspecified atom stereocenters. The van der Waals surface area contributed by atoms with Crippen molar-refractivity contribution in [2.45, 2.75) is 6.54 Å². The first kappa shape index (κ1) is 17.7. The lowest BCUT2D eigenvalue weighted by atomic mass is 10.2. The van der Waals surface area contributed by atoms with Crippen LogP contribution < -0.4 is 15.0 Å². The van der Waals surface area contributed by atoms with E-state index in [1.165, 1.54) is 6.33 Å². The van der Waals surface area contributed by atoms with Crippen LogP contribution >= 0.6 is 0 Å². The molecule has 3 rings (SSSR count). The molecule has 26 heavy (non-hydrogen) atoms. The molecule has 2 aromatic rings. The lowest BCUT2D eigenvalue weighted by Gasteiger charge is -2.33. The van der Waals surface area contributed by atoms with E-state index in [0.717, 1.165) is 17.7 Å². The normalized spacial score (nSPS) is 14.0. The Kier molecular flexibility index (Phi) is 5.62. The monoisotopic (exact) mass is 355 g/mol. The summed E-state index contributed by atoms with van der Waals surface area (Å²) >= 11 is 0. The van der Waals surface area contributed by atoms with E-state index in [1.807, 2.05) is 29.2 Å². The van der Waals surface area contributed by atoms with Gasteiger partial charge in [0.05, 0.1) is 7.11 Å². The van der Waals surface area contributed by atoms with Crippen LogP contribution in [0.3, 0.4) is 0 Å². The van der Waals surface area contributed by atoms with Crippen molar-refractivity contribution in [3.05, 3.63) is 47.9 Å². The molecule has 2 heterocycles. The second kappa shape index (κ2) is 8.28. The number of aromatic nitrogens is 2. The Morgan fingerprint density at radius 2 is 1.92 bits per heavy atom. The summed E-state index contributed by atoms with van der Waals surface area (Å²) in [5.41, 5.74) is 1.29. The number of carbonyl (C=O) groups is 2. The molecule has 136 valence electrons. The molecule has 1 aliphatic rings. The minimum absolute atomic E-state index is 0.254. The average molecular weight is 355 g/mol. The zero-order chi connectivity index (χ0) is 18.4. The zero-order valence-electron chi connectivity index (χ0n) is 14.6. The molecule has 2 amide bonds. The lowest BCUT2D eigenvalue weighted by Crippen LogP contribution is -2.46. The first-order valence-electron chi connectivity index (χ1n) is 8.37. The van der Waals surface area contributed by atoms with Gasteiger partial charge in [-0.15, -0.1) is 0 Å². The zero-order valence-corrected chi connectivity index (χ0v) is 14.6. The molecule has 1 aromatic heterocycles. The fraction of sp³-hybridized carbons (Fsp3) is 0.333. The van der Waals surface area contributed by atoms with Crippen molar-refractivity contribution < 1.29 is 14.3 Å². The molecule has 0 atom stereocenters. The van der Waals surface area contributed by atoms with Gasteiger partial charge in [0.25, 0.3) is 5.91 Å². The average Bonchev–Trinajstić information content (AvgIpc) is 2.72. The third-order valence-corrected chi connectivity index (χ3v) is 4.28. The van der Waals surface area contributed by atoms with Crippen LogP contribution in [0.25, 0.3) is 0 Å². The summed E-state index contributed by atoms with van der Waals surface area (Å²) in [7, 11) is 1.61. The third-order valence-electron chi connectivity index (χ3n) is 4.28. The Hall–Kier alpha value is -3.16. The largest absolute Gasteiger partial charge is 0.497 e. The number of anilines is 1. The molecule has 0 aliphatic carbocycles. The van der Waals surface area contributed by atoms with Crippen LogP contribution in [-0.4, -0.2) is 60.5 Å². The molecule has 1 aromatic carbocycles. The molecular weight excluding hydrogens is 334 g/mol. The summed E-state index contributed by atoms with van der Waals surface area (Å²) in [6.45, 7) is 3.06. The molecule has 1 fully saturated rings. The van der Waals surface area contributed by atoms with Crippen LogP contribution in [0, 0.1) is 0 Å². The van der Waals surface area contributed by atoms with Crippen LogP contribution in [0.1, 0.15) is 16.1 Å². The number of methoxy groups -OCH3 is 1. The van der Waals surface area contributed by atoms with Crippen molar-refractivity contribution in [3.8, 4) is 5.75 Å². The first-order chi connectivity index (χ1) is 12.7. The third kappa shape index (κ3) is 4.27. The number of rotatable bonds is 6. The van der Waals surface area contributed by atoms with Gasteiger partial charge in [0.1, 0.15) is 23.6 Å². The van der Waals surface area contributed by atoms with E-state index < -0.39 is 0 Å². The molecular formula is C18H21N5O3. The summed E-state index contributed by atoms with van der Waals surface area (Å²) < 4.78 is 5.12. The van der Waals surface area contributed by atoms with E-state index in [0.29, 0.717) is 44.2 Å². The molecule has 0 bridgehead atoms. The number of piperazine rings is 1. The molecule has 8 heteroatoms. The number of ether oxygens (including phenoxy) is 1. The molecule has 8 nitrogen and oxygen atoms in total. The van der Waals surface area contributed by atoms with Crippen molar-refractivity contribution in [1.29, 1.82) is 0 Å². The molecule has 0 radical (unpaired) electrons. The summed E-state index contributed by atoms with van der Waals surface area (Å²) in [5, 5.41) is 2.86. The summed E-state index contributed by atoms with van der Waals surface area (Å²) in [6, 6.07) is 9.18. The smallest absolute Gasteiger partial charge is 0.270 e. The maximum atomic E-state index is 12.4. The van der Waals surface area contributed by atoms with Crippen LogP contribution in [0.4, 0.5) is 5.82 Å². The van der Waals surface area contributed by atoms with Crippen LogP contribution in [0.2, 0.25) is 0 Å². The second-order valence-electron chi connectivity index (χ2n) is 5.92. The van der Waals surface area contributed by atoms with Gasteiger partial charge in [0, 0.05) is 38.8 Å². The highest BCUT2D eigenvalue weighted by Crippen LogP contribution is 2.14. The molecule has 1 aliphatic heterocycles. The highest BCUT2D eigenvalue weighted by molar-refractivity contribution is 5.92. The molecule has 0 spiro atoms. The quantitative estimate of drug-likeness (QED) is 0.768. The van der Waals surface area contributed by atoms with Gasteiger partial charge in [0.15, 0.2) is 0 Å². The van der Waals surface area contributed by atoms with Gasteiger partial charge in [0.2, 0.25) is 6.41 Å². The fourth-order valence-corrected chi connectivity index (χ4v) is 2.72. The van der Waals surface area contributed by atoms with Gasteiger partial charge < -0.3 is 19.9 Å². The highest BCUT2D eigenvalue weighted by Gasteiger charge is 2.18. The van der Waals surface area contributed by atoms with Crippen LogP contribution in [-0.2, 0) is 11.3 Å². The van der Waals surface area contributed by atoms with Gasteiger partial charge >= 0.3 is 0 Å². The topological polar surface area (TPSA) is 87.7 Å². The Morgan fingerprint density at radius 1 is 1.19 bits per heavy atom. The Bertz CT molecular complexity index is 758. The number of hydrogen-bond donors (Lipinski definition) is 1. The molecule has 1 saturated heterocycles. The first-order valence-corrected chi connectivity index (χ1v) is 8.37. The number of nitrogens with one attached hydrogen (secondary N) is 1. The number of nitrogens with zero attached hydrogens (tertiary/aromatic N) is 4. The van der Waals surface area contributed by atoms with Gasteiger partial charge in [-0.05, 0) is 17.7 Å². The predicted octanol–water partition coefficient (Wildman–Crippen LogP) is 0.694. The number of hydrogen-bond acceptors (Lipinski definition) is 6. The number of carbonyl (C=O) groups excluding carboxylic acids is 2. The second-order valence-corrected chi connectivity index (χ2v) is 5.92. The Labute approximate surface area is 151 Å². The van der Waals surface area contributed by atoms with Crippen molar-refractivity contribution in [2.24, 2.45) is 0 Å². The van der Waals surface area contributed by atoms with E-state index in [1.54, 1.807) is 18.1 Å². The maximum Gasteiger partial charge on any atom is 0.270 e. The lowest BCUT2D eigenvalue weighted by molar-refractivity contribution is -0.118. The van der Waals surface area contributed by atoms with Crippen molar-refractivity contribution in [3.63, 3.8) is 0 Å². The van der Waals surface area contributed by atoms with Crippen molar-refractivity contribution >= 4 is 18.1 Å². The van der Waals surface area contributed by atoms with Crippen molar-refractivity contribution in [2.75, 3.05) is 38.2 Å². The fourth-order valence-electron chi connectivity index (χ4n) is 2.72. The maximum absolute atomic E-state index is 12.4. The molecule has 0 saturated carbocycles. The van der Waals surface area contributed by atoms with Crippen LogP contribution in [0.15, 0.2) is 36.7 Å². The van der Waals surface area contributed by atoms with E-state index in [2.05, 4.69) is 15.3 Å². The van der Waals surface area contributed by atoms with Gasteiger partial charge in [-0.25, -0.2) is 9.97 Å². The standard InChI is InChI=1S/C18H21N5O3/c1-26-15-4-2-14(3-5-15)11-19-18(25)16-10-17(21-12-20-16)23-8-6-22(13-24)7-9-23/h2-5,10,12-13H,6-9,11H2,1H3,(H,19,25). The van der Waals surface area contributed by atoms with E-state index >= 15 is 0 Å². The van der Waals surface area contributed by atoms with E-state index in [4.69, 9.17) is 4.74 Å². The van der Waals surface area contributed by atoms with E-state index in [9.17, 15) is 9.59 Å². The Morgan fingerprint density at radius 3 is 2.58 bits per heavy atom. The number of benzene rings is 1. The summed E-state index contributed by atoms with van der Waals surface area (Å²) in [5.74, 6) is 1.21. The van der Waals surface area contributed by atoms with Crippen LogP contribution in [0.5, 0.6) is 5.75 Å². The molecule has 1 N–H and O–H groups in total. The number of amides is 2. The minimum Gasteiger partial charge on any atom is -0.497 e. The van der Waals surface area contributed by atoms with Gasteiger partial charge in [-0.2, -0.15) is 0 Å². The summed E-state index contributed by atoms with van der Waals surface area (Å²) in [6.07, 6.45) is 2.25. The minimum atomic E-state index is -0.254. The predicted molar refractivity (Wildman–Crippen MR) is 96.0 cm³/mol. The van der Waals surface area contributed by atoms with Gasteiger partial charge in [-0.3, -0.25) is 9.59 Å². The SMILES string of the molecule is COc1ccc(CNC(=O)c2cc(N3CCN(C=O)CC3)ncn2)cc1. The summed E-state index contributed by atoms with van der Waals surface area (Å²) in [4.78, 5) is 35.3. The van der Waals surface area contributed by atoms with Crippen molar-refractivity contribution in [1.82, 2.24) is 20.2 Å².